The second kappa shape index (κ2) is 5.09. The van der Waals surface area contributed by atoms with E-state index < -0.39 is 5.60 Å². The molecule has 0 aromatic carbocycles. The molecule has 1 fully saturated rings. The van der Waals surface area contributed by atoms with E-state index in [9.17, 15) is 14.9 Å². The third-order valence-corrected chi connectivity index (χ3v) is 2.80. The van der Waals surface area contributed by atoms with Crippen LogP contribution in [0.1, 0.15) is 45.4 Å². The maximum Gasteiger partial charge on any atom is 0.306 e. The lowest BCUT2D eigenvalue weighted by molar-refractivity contribution is -0.501. The molecule has 1 aliphatic carbocycles. The van der Waals surface area contributed by atoms with E-state index in [1.54, 1.807) is 6.92 Å². The van der Waals surface area contributed by atoms with E-state index in [1.165, 1.54) is 0 Å². The standard InChI is InChI=1S/C10H17NO4/c1-2-9(12)15-10(8-11(13)14)6-4-3-5-7-10/h2-8H2,1H3. The Bertz CT molecular complexity index is 246. The zero-order valence-corrected chi connectivity index (χ0v) is 9.03. The predicted molar refractivity (Wildman–Crippen MR) is 54.1 cm³/mol. The Morgan fingerprint density at radius 1 is 1.40 bits per heavy atom. The first-order valence-electron chi connectivity index (χ1n) is 5.42. The maximum atomic E-state index is 11.2. The first-order valence-corrected chi connectivity index (χ1v) is 5.42. The summed E-state index contributed by atoms with van der Waals surface area (Å²) in [6.07, 6.45) is 4.41. The summed E-state index contributed by atoms with van der Waals surface area (Å²) in [6.45, 7) is 1.45. The lowest BCUT2D eigenvalue weighted by Crippen LogP contribution is -2.43. The van der Waals surface area contributed by atoms with Gasteiger partial charge in [-0.2, -0.15) is 0 Å². The molecule has 0 aromatic rings. The monoisotopic (exact) mass is 215 g/mol. The van der Waals surface area contributed by atoms with Crippen molar-refractivity contribution in [3.05, 3.63) is 10.1 Å². The Balaban J connectivity index is 2.65. The summed E-state index contributed by atoms with van der Waals surface area (Å²) >= 11 is 0. The summed E-state index contributed by atoms with van der Waals surface area (Å²) in [5, 5.41) is 10.6. The number of nitro groups is 1. The molecule has 0 saturated heterocycles. The molecule has 0 bridgehead atoms. The molecule has 0 aromatic heterocycles. The number of ether oxygens (including phenoxy) is 1. The fourth-order valence-corrected chi connectivity index (χ4v) is 2.04. The van der Waals surface area contributed by atoms with Gasteiger partial charge in [0.15, 0.2) is 5.60 Å². The zero-order chi connectivity index (χ0) is 11.3. The van der Waals surface area contributed by atoms with Gasteiger partial charge < -0.3 is 4.74 Å². The number of esters is 1. The molecule has 0 heterocycles. The van der Waals surface area contributed by atoms with E-state index >= 15 is 0 Å². The number of carbonyl (C=O) groups excluding carboxylic acids is 1. The number of hydrogen-bond donors (Lipinski definition) is 0. The fraction of sp³-hybridized carbons (Fsp3) is 0.900. The van der Waals surface area contributed by atoms with Crippen LogP contribution >= 0.6 is 0 Å². The summed E-state index contributed by atoms with van der Waals surface area (Å²) in [5.74, 6) is -0.334. The second-order valence-electron chi connectivity index (χ2n) is 4.06. The third-order valence-electron chi connectivity index (χ3n) is 2.80. The van der Waals surface area contributed by atoms with Crippen molar-refractivity contribution in [1.29, 1.82) is 0 Å². The lowest BCUT2D eigenvalue weighted by Gasteiger charge is -2.33. The third kappa shape index (κ3) is 3.49. The van der Waals surface area contributed by atoms with Crippen molar-refractivity contribution < 1.29 is 14.5 Å². The van der Waals surface area contributed by atoms with Crippen molar-refractivity contribution in [2.24, 2.45) is 0 Å². The smallest absolute Gasteiger partial charge is 0.306 e. The molecule has 1 saturated carbocycles. The normalized spacial score (nSPS) is 19.5. The van der Waals surface area contributed by atoms with Gasteiger partial charge >= 0.3 is 5.97 Å². The van der Waals surface area contributed by atoms with Crippen LogP contribution in [-0.2, 0) is 9.53 Å². The molecule has 0 aliphatic heterocycles. The van der Waals surface area contributed by atoms with Gasteiger partial charge in [-0.25, -0.2) is 0 Å². The minimum Gasteiger partial charge on any atom is -0.452 e. The van der Waals surface area contributed by atoms with Gasteiger partial charge in [0.1, 0.15) is 0 Å². The van der Waals surface area contributed by atoms with E-state index in [4.69, 9.17) is 4.74 Å². The highest BCUT2D eigenvalue weighted by molar-refractivity contribution is 5.69. The van der Waals surface area contributed by atoms with Crippen molar-refractivity contribution in [3.63, 3.8) is 0 Å². The van der Waals surface area contributed by atoms with Crippen molar-refractivity contribution in [3.8, 4) is 0 Å². The SMILES string of the molecule is CCC(=O)OC1(C[N+](=O)[O-])CCCCC1. The molecule has 5 heteroatoms. The molecular weight excluding hydrogens is 198 g/mol. The van der Waals surface area contributed by atoms with E-state index in [1.807, 2.05) is 0 Å². The average Bonchev–Trinajstić information content (AvgIpc) is 2.17. The Labute approximate surface area is 88.9 Å². The van der Waals surface area contributed by atoms with Crippen LogP contribution in [0.25, 0.3) is 0 Å². The molecule has 1 aliphatic rings. The molecule has 0 unspecified atom stereocenters. The minimum absolute atomic E-state index is 0.251. The largest absolute Gasteiger partial charge is 0.452 e. The van der Waals surface area contributed by atoms with Gasteiger partial charge in [-0.15, -0.1) is 0 Å². The van der Waals surface area contributed by atoms with Gasteiger partial charge in [-0.3, -0.25) is 14.9 Å². The Morgan fingerprint density at radius 3 is 2.47 bits per heavy atom. The van der Waals surface area contributed by atoms with Gasteiger partial charge in [0.25, 0.3) is 0 Å². The summed E-state index contributed by atoms with van der Waals surface area (Å²) in [4.78, 5) is 21.4. The Kier molecular flexibility index (Phi) is 4.05. The quantitative estimate of drug-likeness (QED) is 0.408. The highest BCUT2D eigenvalue weighted by Gasteiger charge is 2.40. The molecule has 0 spiro atoms. The van der Waals surface area contributed by atoms with Crippen LogP contribution in [-0.4, -0.2) is 23.0 Å². The molecule has 0 radical (unpaired) electrons. The van der Waals surface area contributed by atoms with Crippen LogP contribution in [0.2, 0.25) is 0 Å². The molecular formula is C10H17NO4. The molecule has 0 N–H and O–H groups in total. The predicted octanol–water partition coefficient (Wildman–Crippen LogP) is 1.92. The average molecular weight is 215 g/mol. The van der Waals surface area contributed by atoms with Gasteiger partial charge in [-0.05, 0) is 25.7 Å². The molecule has 15 heavy (non-hydrogen) atoms. The first-order chi connectivity index (χ1) is 7.08. The number of rotatable bonds is 4. The number of nitrogens with zero attached hydrogens (tertiary/aromatic N) is 1. The summed E-state index contributed by atoms with van der Waals surface area (Å²) in [7, 11) is 0. The van der Waals surface area contributed by atoms with E-state index in [0.717, 1.165) is 19.3 Å². The van der Waals surface area contributed by atoms with Gasteiger partial charge in [-0.1, -0.05) is 13.3 Å². The van der Waals surface area contributed by atoms with Crippen molar-refractivity contribution >= 4 is 5.97 Å². The van der Waals surface area contributed by atoms with Crippen LogP contribution in [0.3, 0.4) is 0 Å². The van der Waals surface area contributed by atoms with Crippen LogP contribution in [0.4, 0.5) is 0 Å². The first kappa shape index (κ1) is 11.9. The van der Waals surface area contributed by atoms with Crippen LogP contribution in [0.15, 0.2) is 0 Å². The Hall–Kier alpha value is -1.13. The topological polar surface area (TPSA) is 69.4 Å². The lowest BCUT2D eigenvalue weighted by atomic mass is 9.84. The van der Waals surface area contributed by atoms with Crippen LogP contribution in [0.5, 0.6) is 0 Å². The van der Waals surface area contributed by atoms with E-state index in [-0.39, 0.29) is 23.9 Å². The zero-order valence-electron chi connectivity index (χ0n) is 9.03. The molecule has 0 amide bonds. The van der Waals surface area contributed by atoms with E-state index in [2.05, 4.69) is 0 Å². The maximum absolute atomic E-state index is 11.2. The summed E-state index contributed by atoms with van der Waals surface area (Å²) < 4.78 is 5.26. The molecule has 5 nitrogen and oxygen atoms in total. The molecule has 1 rings (SSSR count). The minimum atomic E-state index is -0.825. The van der Waals surface area contributed by atoms with E-state index in [0.29, 0.717) is 12.8 Å². The van der Waals surface area contributed by atoms with Crippen LogP contribution in [0, 0.1) is 10.1 Å². The van der Waals surface area contributed by atoms with Gasteiger partial charge in [0, 0.05) is 11.3 Å². The van der Waals surface area contributed by atoms with Crippen molar-refractivity contribution in [1.82, 2.24) is 0 Å². The highest BCUT2D eigenvalue weighted by Crippen LogP contribution is 2.32. The summed E-state index contributed by atoms with van der Waals surface area (Å²) in [6, 6.07) is 0. The van der Waals surface area contributed by atoms with Crippen molar-refractivity contribution in [2.45, 2.75) is 51.0 Å². The Morgan fingerprint density at radius 2 is 2.00 bits per heavy atom. The number of hydrogen-bond acceptors (Lipinski definition) is 4. The molecule has 0 atom stereocenters. The number of carbonyl (C=O) groups is 1. The fourth-order valence-electron chi connectivity index (χ4n) is 2.04. The highest BCUT2D eigenvalue weighted by atomic mass is 16.6. The summed E-state index contributed by atoms with van der Waals surface area (Å²) in [5.41, 5.74) is -0.825. The van der Waals surface area contributed by atoms with Crippen molar-refractivity contribution in [2.75, 3.05) is 6.54 Å². The van der Waals surface area contributed by atoms with Gasteiger partial charge in [0.05, 0.1) is 0 Å². The second-order valence-corrected chi connectivity index (χ2v) is 4.06. The van der Waals surface area contributed by atoms with Crippen LogP contribution < -0.4 is 0 Å². The van der Waals surface area contributed by atoms with Gasteiger partial charge in [0.2, 0.25) is 6.54 Å². The molecule has 86 valence electrons.